The molecule has 3 aromatic rings. The number of aromatic nitrogens is 4. The number of hydrogen-bond acceptors (Lipinski definition) is 4. The average Bonchev–Trinajstić information content (AvgIpc) is 3.00. The van der Waals surface area contributed by atoms with Crippen LogP contribution in [0.5, 0.6) is 0 Å². The highest BCUT2D eigenvalue weighted by Crippen LogP contribution is 2.23. The van der Waals surface area contributed by atoms with Gasteiger partial charge in [0.25, 0.3) is 5.56 Å². The van der Waals surface area contributed by atoms with Gasteiger partial charge in [-0.15, -0.1) is 10.2 Å². The normalized spacial score (nSPS) is 11.4. The predicted octanol–water partition coefficient (Wildman–Crippen LogP) is 4.08. The molecule has 2 heterocycles. The van der Waals surface area contributed by atoms with E-state index in [4.69, 9.17) is 11.6 Å². The molecule has 0 N–H and O–H groups in total. The first-order valence-electron chi connectivity index (χ1n) is 7.96. The van der Waals surface area contributed by atoms with Crippen molar-refractivity contribution in [3.63, 3.8) is 0 Å². The monoisotopic (exact) mass is 362 g/mol. The van der Waals surface area contributed by atoms with Crippen LogP contribution in [0.4, 0.5) is 0 Å². The van der Waals surface area contributed by atoms with E-state index in [1.54, 1.807) is 4.57 Å². The lowest BCUT2D eigenvalue weighted by molar-refractivity contribution is 0.594. The third-order valence-electron chi connectivity index (χ3n) is 3.82. The minimum atomic E-state index is -0.0140. The number of halogens is 1. The number of fused-ring (bicyclic) bond motifs is 3. The molecule has 0 aliphatic rings. The lowest BCUT2D eigenvalue weighted by Crippen LogP contribution is -2.23. The largest absolute Gasteiger partial charge is 0.276 e. The summed E-state index contributed by atoms with van der Waals surface area (Å²) in [4.78, 5) is 12.9. The van der Waals surface area contributed by atoms with Crippen LogP contribution in [0.3, 0.4) is 0 Å². The second-order valence-electron chi connectivity index (χ2n) is 5.60. The second kappa shape index (κ2) is 7.40. The summed E-state index contributed by atoms with van der Waals surface area (Å²) in [5.74, 6) is 1.13. The summed E-state index contributed by atoms with van der Waals surface area (Å²) in [7, 11) is 0. The number of thioether (sulfide) groups is 1. The maximum atomic E-state index is 12.9. The third-order valence-corrected chi connectivity index (χ3v) is 5.13. The van der Waals surface area contributed by atoms with E-state index in [2.05, 4.69) is 23.7 Å². The minimum Gasteiger partial charge on any atom is -0.276 e. The number of unbranched alkanes of at least 4 members (excludes halogenated alkanes) is 2. The first-order chi connectivity index (χ1) is 11.6. The van der Waals surface area contributed by atoms with Gasteiger partial charge < -0.3 is 0 Å². The van der Waals surface area contributed by atoms with Gasteiger partial charge in [-0.05, 0) is 18.6 Å². The Bertz CT molecular complexity index is 947. The van der Waals surface area contributed by atoms with Crippen LogP contribution in [0.15, 0.2) is 45.8 Å². The van der Waals surface area contributed by atoms with Crippen LogP contribution >= 0.6 is 23.4 Å². The Morgan fingerprint density at radius 1 is 1.29 bits per heavy atom. The molecule has 7 heteroatoms. The molecule has 0 bridgehead atoms. The summed E-state index contributed by atoms with van der Waals surface area (Å²) in [5, 5.41) is 10.5. The van der Waals surface area contributed by atoms with Crippen molar-refractivity contribution in [2.75, 3.05) is 5.75 Å². The van der Waals surface area contributed by atoms with Gasteiger partial charge in [-0.1, -0.05) is 61.8 Å². The van der Waals surface area contributed by atoms with Gasteiger partial charge in [0.15, 0.2) is 5.16 Å². The SMILES string of the molecule is C=C(Cl)CSc1nnc2n(CCCCC)c(=O)c3ccccc3n12. The zero-order chi connectivity index (χ0) is 17.1. The van der Waals surface area contributed by atoms with Crippen LogP contribution < -0.4 is 5.56 Å². The summed E-state index contributed by atoms with van der Waals surface area (Å²) in [6.07, 6.45) is 3.12. The molecule has 2 aromatic heterocycles. The summed E-state index contributed by atoms with van der Waals surface area (Å²) in [6, 6.07) is 7.56. The van der Waals surface area contributed by atoms with Crippen LogP contribution in [-0.4, -0.2) is 24.9 Å². The molecule has 0 aliphatic heterocycles. The Morgan fingerprint density at radius 3 is 2.83 bits per heavy atom. The van der Waals surface area contributed by atoms with E-state index in [0.29, 0.717) is 33.7 Å². The molecule has 3 rings (SSSR count). The van der Waals surface area contributed by atoms with Gasteiger partial charge in [0, 0.05) is 17.3 Å². The van der Waals surface area contributed by atoms with Gasteiger partial charge in [0.2, 0.25) is 5.78 Å². The Hall–Kier alpha value is -1.79. The third kappa shape index (κ3) is 3.21. The van der Waals surface area contributed by atoms with Crippen molar-refractivity contribution in [2.24, 2.45) is 0 Å². The molecular formula is C17H19ClN4OS. The Kier molecular flexibility index (Phi) is 5.26. The first kappa shape index (κ1) is 17.0. The van der Waals surface area contributed by atoms with Crippen LogP contribution in [0.1, 0.15) is 26.2 Å². The molecule has 0 saturated heterocycles. The van der Waals surface area contributed by atoms with Crippen molar-refractivity contribution in [2.45, 2.75) is 37.9 Å². The Balaban J connectivity index is 2.20. The topological polar surface area (TPSA) is 52.2 Å². The smallest absolute Gasteiger partial charge is 0.262 e. The van der Waals surface area contributed by atoms with Crippen molar-refractivity contribution >= 4 is 40.0 Å². The average molecular weight is 363 g/mol. The highest BCUT2D eigenvalue weighted by molar-refractivity contribution is 7.99. The van der Waals surface area contributed by atoms with Gasteiger partial charge >= 0.3 is 0 Å². The molecule has 0 fully saturated rings. The van der Waals surface area contributed by atoms with Crippen LogP contribution in [0.25, 0.3) is 16.7 Å². The zero-order valence-corrected chi connectivity index (χ0v) is 15.1. The molecule has 1 aromatic carbocycles. The maximum absolute atomic E-state index is 12.9. The van der Waals surface area contributed by atoms with Crippen LogP contribution in [0.2, 0.25) is 0 Å². The zero-order valence-electron chi connectivity index (χ0n) is 13.5. The fraction of sp³-hybridized carbons (Fsp3) is 0.353. The van der Waals surface area contributed by atoms with Crippen LogP contribution in [0, 0.1) is 0 Å². The maximum Gasteiger partial charge on any atom is 0.262 e. The van der Waals surface area contributed by atoms with Crippen molar-refractivity contribution in [3.05, 3.63) is 46.2 Å². The van der Waals surface area contributed by atoms with E-state index < -0.39 is 0 Å². The summed E-state index contributed by atoms with van der Waals surface area (Å²) < 4.78 is 3.66. The molecule has 0 unspecified atom stereocenters. The van der Waals surface area contributed by atoms with Crippen molar-refractivity contribution in [1.82, 2.24) is 19.2 Å². The minimum absolute atomic E-state index is 0.0140. The summed E-state index contributed by atoms with van der Waals surface area (Å²) in [6.45, 7) is 6.50. The Morgan fingerprint density at radius 2 is 2.08 bits per heavy atom. The molecular weight excluding hydrogens is 344 g/mol. The standard InChI is InChI=1S/C17H19ClN4OS/c1-3-4-7-10-21-15(23)13-8-5-6-9-14(13)22-16(21)19-20-17(22)24-11-12(2)18/h5-6,8-9H,2-4,7,10-11H2,1H3. The van der Waals surface area contributed by atoms with Crippen molar-refractivity contribution in [3.8, 4) is 0 Å². The molecule has 0 amide bonds. The number of para-hydroxylation sites is 1. The van der Waals surface area contributed by atoms with Crippen molar-refractivity contribution < 1.29 is 0 Å². The van der Waals surface area contributed by atoms with E-state index in [9.17, 15) is 4.79 Å². The van der Waals surface area contributed by atoms with Gasteiger partial charge in [-0.2, -0.15) is 0 Å². The van der Waals surface area contributed by atoms with Crippen LogP contribution in [-0.2, 0) is 6.54 Å². The number of hydrogen-bond donors (Lipinski definition) is 0. The first-order valence-corrected chi connectivity index (χ1v) is 9.32. The van der Waals surface area contributed by atoms with E-state index in [-0.39, 0.29) is 5.56 Å². The second-order valence-corrected chi connectivity index (χ2v) is 7.08. The summed E-state index contributed by atoms with van der Waals surface area (Å²) >= 11 is 7.34. The highest BCUT2D eigenvalue weighted by Gasteiger charge is 2.16. The number of rotatable bonds is 7. The molecule has 5 nitrogen and oxygen atoms in total. The van der Waals surface area contributed by atoms with E-state index in [1.807, 2.05) is 28.7 Å². The van der Waals surface area contributed by atoms with Crippen molar-refractivity contribution in [1.29, 1.82) is 0 Å². The van der Waals surface area contributed by atoms with E-state index in [0.717, 1.165) is 24.8 Å². The fourth-order valence-corrected chi connectivity index (χ4v) is 3.55. The van der Waals surface area contributed by atoms with E-state index in [1.165, 1.54) is 11.8 Å². The van der Waals surface area contributed by atoms with Gasteiger partial charge in [-0.25, -0.2) is 0 Å². The molecule has 126 valence electrons. The van der Waals surface area contributed by atoms with Gasteiger partial charge in [0.05, 0.1) is 10.9 Å². The molecule has 0 spiro atoms. The lowest BCUT2D eigenvalue weighted by atomic mass is 10.2. The summed E-state index contributed by atoms with van der Waals surface area (Å²) in [5.41, 5.74) is 0.803. The molecule has 0 atom stereocenters. The molecule has 0 saturated carbocycles. The Labute approximate surface area is 149 Å². The predicted molar refractivity (Wildman–Crippen MR) is 100.0 cm³/mol. The highest BCUT2D eigenvalue weighted by atomic mass is 35.5. The van der Waals surface area contributed by atoms with Gasteiger partial charge in [-0.3, -0.25) is 13.8 Å². The number of benzene rings is 1. The molecule has 0 aliphatic carbocycles. The van der Waals surface area contributed by atoms with Gasteiger partial charge in [0.1, 0.15) is 0 Å². The molecule has 0 radical (unpaired) electrons. The number of aryl methyl sites for hydroxylation is 1. The van der Waals surface area contributed by atoms with E-state index >= 15 is 0 Å². The number of nitrogens with zero attached hydrogens (tertiary/aromatic N) is 4. The fourth-order valence-electron chi connectivity index (χ4n) is 2.69. The molecule has 24 heavy (non-hydrogen) atoms. The quantitative estimate of drug-likeness (QED) is 0.469. The lowest BCUT2D eigenvalue weighted by Gasteiger charge is -2.11.